The number of carbonyl (C=O) groups excluding carboxylic acids is 1. The number of rotatable bonds is 5. The van der Waals surface area contributed by atoms with Crippen molar-refractivity contribution >= 4 is 33.6 Å². The van der Waals surface area contributed by atoms with Crippen LogP contribution in [-0.2, 0) is 4.79 Å². The van der Waals surface area contributed by atoms with Crippen LogP contribution in [-0.4, -0.2) is 11.0 Å². The summed E-state index contributed by atoms with van der Waals surface area (Å²) >= 11 is 3.48. The number of amides is 1. The predicted octanol–water partition coefficient (Wildman–Crippen LogP) is 6.76. The van der Waals surface area contributed by atoms with Crippen LogP contribution >= 0.6 is 15.9 Å². The fourth-order valence-corrected chi connectivity index (χ4v) is 4.09. The lowest BCUT2D eigenvalue weighted by molar-refractivity contribution is -0.117. The third kappa shape index (κ3) is 3.96. The van der Waals surface area contributed by atoms with Crippen molar-refractivity contribution in [2.45, 2.75) is 19.4 Å². The zero-order valence-electron chi connectivity index (χ0n) is 16.6. The predicted molar refractivity (Wildman–Crippen MR) is 125 cm³/mol. The van der Waals surface area contributed by atoms with E-state index in [0.29, 0.717) is 12.0 Å². The molecule has 3 aromatic rings. The van der Waals surface area contributed by atoms with Gasteiger partial charge >= 0.3 is 0 Å². The molecule has 0 saturated heterocycles. The fourth-order valence-electron chi connectivity index (χ4n) is 3.83. The Balaban J connectivity index is 1.74. The Morgan fingerprint density at radius 2 is 1.63 bits per heavy atom. The highest BCUT2D eigenvalue weighted by atomic mass is 79.9. The number of hydrogen-bond acceptors (Lipinski definition) is 2. The Morgan fingerprint density at radius 3 is 2.33 bits per heavy atom. The molecule has 1 atom stereocenters. The number of nitrogens with zero attached hydrogens (tertiary/aromatic N) is 1. The van der Waals surface area contributed by atoms with Crippen molar-refractivity contribution in [3.05, 3.63) is 117 Å². The van der Waals surface area contributed by atoms with Gasteiger partial charge in [-0.15, -0.1) is 0 Å². The fraction of sp³-hybridized carbons (Fsp3) is 0.115. The molecule has 0 aromatic heterocycles. The lowest BCUT2D eigenvalue weighted by Crippen LogP contribution is -2.30. The van der Waals surface area contributed by atoms with Crippen molar-refractivity contribution < 1.29 is 9.90 Å². The minimum atomic E-state index is -0.361. The van der Waals surface area contributed by atoms with Gasteiger partial charge < -0.3 is 5.11 Å². The van der Waals surface area contributed by atoms with E-state index in [1.54, 1.807) is 4.90 Å². The number of halogens is 1. The van der Waals surface area contributed by atoms with Gasteiger partial charge in [0.05, 0.1) is 6.04 Å². The van der Waals surface area contributed by atoms with Gasteiger partial charge in [0.1, 0.15) is 0 Å². The summed E-state index contributed by atoms with van der Waals surface area (Å²) in [6, 6.07) is 25.3. The molecular formula is C26H22BrNO2. The number of para-hydroxylation sites is 1. The molecule has 3 nitrogen and oxygen atoms in total. The average Bonchev–Trinajstić information content (AvgIpc) is 3.00. The first-order chi connectivity index (χ1) is 14.6. The van der Waals surface area contributed by atoms with Crippen molar-refractivity contribution in [1.82, 2.24) is 0 Å². The number of carbonyl (C=O) groups is 1. The van der Waals surface area contributed by atoms with E-state index in [4.69, 9.17) is 0 Å². The molecule has 4 rings (SSSR count). The number of benzene rings is 3. The highest BCUT2D eigenvalue weighted by molar-refractivity contribution is 9.10. The Labute approximate surface area is 185 Å². The lowest BCUT2D eigenvalue weighted by Gasteiger charge is -2.28. The van der Waals surface area contributed by atoms with Gasteiger partial charge in [-0.2, -0.15) is 0 Å². The SMILES string of the molecule is Cc1ccccc1N1C(=O)C(O)=C(CC=Cc2ccccc2)C1c1ccc(Br)cc1. The van der Waals surface area contributed by atoms with Gasteiger partial charge in [0.25, 0.3) is 5.91 Å². The third-order valence-corrected chi connectivity index (χ3v) is 5.85. The van der Waals surface area contributed by atoms with Crippen LogP contribution in [0.5, 0.6) is 0 Å². The molecule has 0 bridgehead atoms. The van der Waals surface area contributed by atoms with E-state index in [1.807, 2.05) is 97.9 Å². The number of allylic oxidation sites excluding steroid dienone is 1. The molecule has 0 saturated carbocycles. The number of aryl methyl sites for hydroxylation is 1. The first kappa shape index (κ1) is 20.2. The largest absolute Gasteiger partial charge is 0.503 e. The van der Waals surface area contributed by atoms with E-state index in [0.717, 1.165) is 26.9 Å². The van der Waals surface area contributed by atoms with Gasteiger partial charge in [-0.05, 0) is 48.2 Å². The van der Waals surface area contributed by atoms with Gasteiger partial charge in [0.2, 0.25) is 0 Å². The summed E-state index contributed by atoms with van der Waals surface area (Å²) in [6.45, 7) is 1.98. The third-order valence-electron chi connectivity index (χ3n) is 5.32. The molecule has 1 aliphatic heterocycles. The quantitative estimate of drug-likeness (QED) is 0.457. The first-order valence-electron chi connectivity index (χ1n) is 9.84. The maximum Gasteiger partial charge on any atom is 0.294 e. The molecule has 30 heavy (non-hydrogen) atoms. The maximum absolute atomic E-state index is 13.1. The molecule has 150 valence electrons. The standard InChI is InChI=1S/C26H22BrNO2/c1-18-8-5-6-13-23(18)28-24(20-14-16-21(27)17-15-20)22(25(29)26(28)30)12-7-11-19-9-3-2-4-10-19/h2-11,13-17,24,29H,12H2,1H3. The Hall–Kier alpha value is -3.11. The Bertz CT molecular complexity index is 1120. The van der Waals surface area contributed by atoms with E-state index in [9.17, 15) is 9.90 Å². The van der Waals surface area contributed by atoms with Gasteiger partial charge in [-0.3, -0.25) is 9.69 Å². The minimum Gasteiger partial charge on any atom is -0.503 e. The van der Waals surface area contributed by atoms with Crippen LogP contribution in [0.25, 0.3) is 6.08 Å². The Morgan fingerprint density at radius 1 is 0.967 bits per heavy atom. The Kier molecular flexibility index (Phi) is 5.86. The van der Waals surface area contributed by atoms with Crippen LogP contribution in [0.1, 0.15) is 29.2 Å². The second-order valence-electron chi connectivity index (χ2n) is 7.31. The van der Waals surface area contributed by atoms with E-state index in [-0.39, 0.29) is 17.7 Å². The minimum absolute atomic E-state index is 0.163. The van der Waals surface area contributed by atoms with Gasteiger partial charge in [0.15, 0.2) is 5.76 Å². The second-order valence-corrected chi connectivity index (χ2v) is 8.22. The number of hydrogen-bond donors (Lipinski definition) is 1. The molecule has 1 aliphatic rings. The smallest absolute Gasteiger partial charge is 0.294 e. The normalized spacial score (nSPS) is 16.7. The van der Waals surface area contributed by atoms with E-state index < -0.39 is 0 Å². The highest BCUT2D eigenvalue weighted by Crippen LogP contribution is 2.43. The van der Waals surface area contributed by atoms with E-state index >= 15 is 0 Å². The van der Waals surface area contributed by atoms with Gasteiger partial charge in [-0.1, -0.05) is 88.7 Å². The van der Waals surface area contributed by atoms with E-state index in [2.05, 4.69) is 15.9 Å². The number of anilines is 1. The summed E-state index contributed by atoms with van der Waals surface area (Å²) in [5.74, 6) is -0.524. The lowest BCUT2D eigenvalue weighted by atomic mass is 9.96. The van der Waals surface area contributed by atoms with Gasteiger partial charge in [0, 0.05) is 15.7 Å². The summed E-state index contributed by atoms with van der Waals surface area (Å²) in [4.78, 5) is 14.8. The molecule has 1 unspecified atom stereocenters. The van der Waals surface area contributed by atoms with Crippen LogP contribution in [0, 0.1) is 6.92 Å². The molecule has 3 aromatic carbocycles. The van der Waals surface area contributed by atoms with Crippen LogP contribution < -0.4 is 4.90 Å². The highest BCUT2D eigenvalue weighted by Gasteiger charge is 2.41. The van der Waals surface area contributed by atoms with Crippen LogP contribution in [0.15, 0.2) is 101 Å². The number of aliphatic hydroxyl groups excluding tert-OH is 1. The zero-order chi connectivity index (χ0) is 21.1. The van der Waals surface area contributed by atoms with Crippen molar-refractivity contribution in [1.29, 1.82) is 0 Å². The molecule has 4 heteroatoms. The molecule has 0 fully saturated rings. The van der Waals surface area contributed by atoms with Crippen molar-refractivity contribution in [3.8, 4) is 0 Å². The van der Waals surface area contributed by atoms with Crippen molar-refractivity contribution in [3.63, 3.8) is 0 Å². The molecular weight excluding hydrogens is 438 g/mol. The molecule has 1 N–H and O–H groups in total. The summed E-state index contributed by atoms with van der Waals surface area (Å²) in [7, 11) is 0. The van der Waals surface area contributed by atoms with Crippen molar-refractivity contribution in [2.75, 3.05) is 4.90 Å². The second kappa shape index (κ2) is 8.72. The van der Waals surface area contributed by atoms with Crippen LogP contribution in [0.3, 0.4) is 0 Å². The summed E-state index contributed by atoms with van der Waals surface area (Å²) in [6.07, 6.45) is 4.50. The first-order valence-corrected chi connectivity index (χ1v) is 10.6. The molecule has 0 spiro atoms. The summed E-state index contributed by atoms with van der Waals surface area (Å²) < 4.78 is 0.969. The molecule has 1 amide bonds. The summed E-state index contributed by atoms with van der Waals surface area (Å²) in [5.41, 5.74) is 4.54. The van der Waals surface area contributed by atoms with Crippen molar-refractivity contribution in [2.24, 2.45) is 0 Å². The van der Waals surface area contributed by atoms with E-state index in [1.165, 1.54) is 0 Å². The zero-order valence-corrected chi connectivity index (χ0v) is 18.2. The maximum atomic E-state index is 13.1. The molecule has 1 heterocycles. The van der Waals surface area contributed by atoms with Crippen LogP contribution in [0.2, 0.25) is 0 Å². The van der Waals surface area contributed by atoms with Crippen LogP contribution in [0.4, 0.5) is 5.69 Å². The molecule has 0 radical (unpaired) electrons. The average molecular weight is 460 g/mol. The number of aliphatic hydroxyl groups is 1. The monoisotopic (exact) mass is 459 g/mol. The van der Waals surface area contributed by atoms with Gasteiger partial charge in [-0.25, -0.2) is 0 Å². The molecule has 0 aliphatic carbocycles. The summed E-state index contributed by atoms with van der Waals surface area (Å²) in [5, 5.41) is 10.8. The topological polar surface area (TPSA) is 40.5 Å².